The summed E-state index contributed by atoms with van der Waals surface area (Å²) in [6.07, 6.45) is 1.36. The van der Waals surface area contributed by atoms with Crippen LogP contribution in [0.4, 0.5) is 10.1 Å². The fourth-order valence-electron chi connectivity index (χ4n) is 3.58. The Hall–Kier alpha value is -2.94. The van der Waals surface area contributed by atoms with Crippen molar-refractivity contribution >= 4 is 27.5 Å². The lowest BCUT2D eigenvalue weighted by Crippen LogP contribution is -2.52. The topological polar surface area (TPSA) is 86.8 Å². The van der Waals surface area contributed by atoms with Gasteiger partial charge in [-0.15, -0.1) is 0 Å². The Labute approximate surface area is 208 Å². The van der Waals surface area contributed by atoms with E-state index in [9.17, 15) is 22.4 Å². The van der Waals surface area contributed by atoms with E-state index in [0.29, 0.717) is 11.3 Å². The zero-order valence-corrected chi connectivity index (χ0v) is 22.2. The lowest BCUT2D eigenvalue weighted by molar-refractivity contribution is -0.141. The zero-order chi connectivity index (χ0) is 26.4. The molecule has 1 atom stereocenters. The average Bonchev–Trinajstić information content (AvgIpc) is 2.74. The smallest absolute Gasteiger partial charge is 0.242 e. The van der Waals surface area contributed by atoms with E-state index in [1.165, 1.54) is 15.3 Å². The first-order chi connectivity index (χ1) is 16.2. The van der Waals surface area contributed by atoms with E-state index in [1.54, 1.807) is 37.3 Å². The van der Waals surface area contributed by atoms with Crippen molar-refractivity contribution in [3.8, 4) is 0 Å². The highest BCUT2D eigenvalue weighted by Crippen LogP contribution is 2.20. The van der Waals surface area contributed by atoms with Gasteiger partial charge in [-0.1, -0.05) is 35.9 Å². The molecule has 0 aliphatic rings. The molecule has 0 heterocycles. The van der Waals surface area contributed by atoms with Gasteiger partial charge in [0.1, 0.15) is 11.9 Å². The van der Waals surface area contributed by atoms with Gasteiger partial charge in [0.15, 0.2) is 0 Å². The summed E-state index contributed by atoms with van der Waals surface area (Å²) in [5.74, 6) is -1.17. The Balaban J connectivity index is 2.19. The SMILES string of the molecule is Cc1ccc(N(CCCC(=O)N(Cc2ccccc2F)[C@@H](C)C(=O)NC(C)(C)C)S(C)(=O)=O)cc1. The van der Waals surface area contributed by atoms with Crippen molar-refractivity contribution in [2.45, 2.75) is 65.6 Å². The molecule has 2 rings (SSSR count). The van der Waals surface area contributed by atoms with Crippen LogP contribution in [-0.2, 0) is 26.2 Å². The maximum atomic E-state index is 14.3. The van der Waals surface area contributed by atoms with Crippen LogP contribution in [0.5, 0.6) is 0 Å². The van der Waals surface area contributed by atoms with Crippen LogP contribution >= 0.6 is 0 Å². The quantitative estimate of drug-likeness (QED) is 0.529. The molecule has 0 aromatic heterocycles. The maximum Gasteiger partial charge on any atom is 0.242 e. The lowest BCUT2D eigenvalue weighted by atomic mass is 10.1. The van der Waals surface area contributed by atoms with Crippen molar-refractivity contribution in [2.75, 3.05) is 17.1 Å². The first-order valence-corrected chi connectivity index (χ1v) is 13.4. The molecule has 9 heteroatoms. The third-order valence-corrected chi connectivity index (χ3v) is 6.63. The van der Waals surface area contributed by atoms with Crippen LogP contribution in [0, 0.1) is 12.7 Å². The van der Waals surface area contributed by atoms with Gasteiger partial charge in [0.05, 0.1) is 11.9 Å². The highest BCUT2D eigenvalue weighted by atomic mass is 32.2. The summed E-state index contributed by atoms with van der Waals surface area (Å²) in [5, 5.41) is 2.86. The van der Waals surface area contributed by atoms with Gasteiger partial charge in [-0.25, -0.2) is 12.8 Å². The molecular formula is C26H36FN3O4S. The van der Waals surface area contributed by atoms with E-state index >= 15 is 0 Å². The molecule has 0 aliphatic carbocycles. The number of carbonyl (C=O) groups excluding carboxylic acids is 2. The number of hydrogen-bond acceptors (Lipinski definition) is 4. The van der Waals surface area contributed by atoms with Crippen LogP contribution in [0.1, 0.15) is 51.7 Å². The summed E-state index contributed by atoms with van der Waals surface area (Å²) in [6.45, 7) is 9.06. The van der Waals surface area contributed by atoms with Gasteiger partial charge < -0.3 is 10.2 Å². The first kappa shape index (κ1) is 28.3. The van der Waals surface area contributed by atoms with Crippen LogP contribution in [0.15, 0.2) is 48.5 Å². The monoisotopic (exact) mass is 505 g/mol. The van der Waals surface area contributed by atoms with Crippen LogP contribution in [0.2, 0.25) is 0 Å². The molecule has 0 radical (unpaired) electrons. The second-order valence-electron chi connectivity index (χ2n) is 9.80. The summed E-state index contributed by atoms with van der Waals surface area (Å²) in [6, 6.07) is 12.4. The first-order valence-electron chi connectivity index (χ1n) is 11.6. The van der Waals surface area contributed by atoms with Gasteiger partial charge in [-0.3, -0.25) is 13.9 Å². The molecule has 0 fully saturated rings. The molecule has 0 saturated heterocycles. The molecule has 2 aromatic carbocycles. The Bertz CT molecular complexity index is 1130. The molecule has 2 aromatic rings. The van der Waals surface area contributed by atoms with Gasteiger partial charge in [0.2, 0.25) is 21.8 Å². The van der Waals surface area contributed by atoms with Crippen molar-refractivity contribution in [3.63, 3.8) is 0 Å². The van der Waals surface area contributed by atoms with Crippen molar-refractivity contribution in [3.05, 3.63) is 65.5 Å². The number of halogens is 1. The second-order valence-corrected chi connectivity index (χ2v) is 11.7. The van der Waals surface area contributed by atoms with Gasteiger partial charge in [0, 0.05) is 30.6 Å². The Kier molecular flexibility index (Phi) is 9.43. The Morgan fingerprint density at radius 2 is 1.66 bits per heavy atom. The number of anilines is 1. The number of amides is 2. The van der Waals surface area contributed by atoms with Crippen molar-refractivity contribution in [1.82, 2.24) is 10.2 Å². The molecule has 35 heavy (non-hydrogen) atoms. The predicted molar refractivity (Wildman–Crippen MR) is 137 cm³/mol. The van der Waals surface area contributed by atoms with E-state index < -0.39 is 27.4 Å². The van der Waals surface area contributed by atoms with Gasteiger partial charge in [0.25, 0.3) is 0 Å². The van der Waals surface area contributed by atoms with Crippen LogP contribution in [0.3, 0.4) is 0 Å². The number of nitrogens with one attached hydrogen (secondary N) is 1. The summed E-state index contributed by atoms with van der Waals surface area (Å²) >= 11 is 0. The van der Waals surface area contributed by atoms with Gasteiger partial charge >= 0.3 is 0 Å². The fraction of sp³-hybridized carbons (Fsp3) is 0.462. The van der Waals surface area contributed by atoms with Gasteiger partial charge in [-0.05, 0) is 59.2 Å². The van der Waals surface area contributed by atoms with Crippen LogP contribution in [0.25, 0.3) is 0 Å². The molecule has 7 nitrogen and oxygen atoms in total. The molecule has 2 amide bonds. The van der Waals surface area contributed by atoms with Crippen LogP contribution < -0.4 is 9.62 Å². The predicted octanol–water partition coefficient (Wildman–Crippen LogP) is 4.01. The minimum atomic E-state index is -3.56. The molecule has 192 valence electrons. The molecular weight excluding hydrogens is 469 g/mol. The van der Waals surface area contributed by atoms with Crippen molar-refractivity contribution in [2.24, 2.45) is 0 Å². The largest absolute Gasteiger partial charge is 0.350 e. The van der Waals surface area contributed by atoms with E-state index in [1.807, 2.05) is 39.8 Å². The summed E-state index contributed by atoms with van der Waals surface area (Å²) in [5.41, 5.74) is 1.33. The van der Waals surface area contributed by atoms with E-state index in [0.717, 1.165) is 11.8 Å². The number of rotatable bonds is 10. The number of benzene rings is 2. The Morgan fingerprint density at radius 1 is 1.06 bits per heavy atom. The summed E-state index contributed by atoms with van der Waals surface area (Å²) in [4.78, 5) is 27.4. The molecule has 0 saturated carbocycles. The molecule has 0 unspecified atom stereocenters. The number of sulfonamides is 1. The van der Waals surface area contributed by atoms with Crippen molar-refractivity contribution in [1.29, 1.82) is 0 Å². The maximum absolute atomic E-state index is 14.3. The zero-order valence-electron chi connectivity index (χ0n) is 21.3. The fourth-order valence-corrected chi connectivity index (χ4v) is 4.55. The highest BCUT2D eigenvalue weighted by molar-refractivity contribution is 7.92. The van der Waals surface area contributed by atoms with Gasteiger partial charge in [-0.2, -0.15) is 0 Å². The summed E-state index contributed by atoms with van der Waals surface area (Å²) in [7, 11) is -3.56. The number of carbonyl (C=O) groups is 2. The average molecular weight is 506 g/mol. The van der Waals surface area contributed by atoms with Crippen molar-refractivity contribution < 1.29 is 22.4 Å². The molecule has 0 bridgehead atoms. The number of nitrogens with zero attached hydrogens (tertiary/aromatic N) is 2. The van der Waals surface area contributed by atoms with E-state index in [4.69, 9.17) is 0 Å². The number of aryl methyl sites for hydroxylation is 1. The minimum absolute atomic E-state index is 0.000524. The van der Waals surface area contributed by atoms with E-state index in [-0.39, 0.29) is 37.7 Å². The normalized spacial score (nSPS) is 12.7. The second kappa shape index (κ2) is 11.7. The Morgan fingerprint density at radius 3 is 2.20 bits per heavy atom. The van der Waals surface area contributed by atoms with Crippen LogP contribution in [-0.4, -0.2) is 49.5 Å². The summed E-state index contributed by atoms with van der Waals surface area (Å²) < 4.78 is 40.3. The van der Waals surface area contributed by atoms with E-state index in [2.05, 4.69) is 5.32 Å². The third-order valence-electron chi connectivity index (χ3n) is 5.44. The standard InChI is InChI=1S/C26H36FN3O4S/c1-19-13-15-22(16-14-19)30(35(6,33)34)17-9-12-24(31)29(18-21-10-7-8-11-23(21)27)20(2)25(32)28-26(3,4)5/h7-8,10-11,13-16,20H,9,12,17-18H2,1-6H3,(H,28,32)/t20-/m0/s1. The lowest BCUT2D eigenvalue weighted by Gasteiger charge is -2.32. The minimum Gasteiger partial charge on any atom is -0.350 e. The number of hydrogen-bond donors (Lipinski definition) is 1. The molecule has 0 aliphatic heterocycles. The highest BCUT2D eigenvalue weighted by Gasteiger charge is 2.29. The molecule has 1 N–H and O–H groups in total. The molecule has 0 spiro atoms. The third kappa shape index (κ3) is 8.65.